The Morgan fingerprint density at radius 3 is 1.77 bits per heavy atom. The van der Waals surface area contributed by atoms with Crippen LogP contribution in [0.15, 0.2) is 18.2 Å². The van der Waals surface area contributed by atoms with Crippen molar-refractivity contribution in [1.82, 2.24) is 0 Å². The first-order valence-corrected chi connectivity index (χ1v) is 7.69. The van der Waals surface area contributed by atoms with Crippen LogP contribution in [0.25, 0.3) is 0 Å². The molecule has 2 nitrogen and oxygen atoms in total. The van der Waals surface area contributed by atoms with Crippen LogP contribution in [0.3, 0.4) is 0 Å². The average molecular weight is 295 g/mol. The van der Waals surface area contributed by atoms with Crippen molar-refractivity contribution in [3.8, 4) is 0 Å². The quantitative estimate of drug-likeness (QED) is 0.820. The summed E-state index contributed by atoms with van der Waals surface area (Å²) < 4.78 is 0. The lowest BCUT2D eigenvalue weighted by molar-refractivity contribution is 0.102. The van der Waals surface area contributed by atoms with Crippen molar-refractivity contribution in [1.29, 1.82) is 0 Å². The van der Waals surface area contributed by atoms with Crippen LogP contribution in [0.4, 0.5) is 5.69 Å². The van der Waals surface area contributed by atoms with E-state index in [-0.39, 0.29) is 5.91 Å². The van der Waals surface area contributed by atoms with E-state index in [4.69, 9.17) is 0 Å². The van der Waals surface area contributed by atoms with Crippen molar-refractivity contribution in [2.75, 3.05) is 5.32 Å². The van der Waals surface area contributed by atoms with E-state index in [2.05, 4.69) is 39.1 Å². The van der Waals surface area contributed by atoms with Crippen molar-refractivity contribution in [3.63, 3.8) is 0 Å². The van der Waals surface area contributed by atoms with Gasteiger partial charge in [-0.1, -0.05) is 17.7 Å². The van der Waals surface area contributed by atoms with Gasteiger partial charge < -0.3 is 5.32 Å². The molecule has 0 atom stereocenters. The third-order valence-electron chi connectivity index (χ3n) is 4.86. The van der Waals surface area contributed by atoms with Gasteiger partial charge in [-0.25, -0.2) is 0 Å². The molecule has 0 fully saturated rings. The predicted molar refractivity (Wildman–Crippen MR) is 94.0 cm³/mol. The number of carbonyl (C=O) groups excluding carboxylic acids is 1. The largest absolute Gasteiger partial charge is 0.322 e. The van der Waals surface area contributed by atoms with Crippen molar-refractivity contribution in [3.05, 3.63) is 62.7 Å². The summed E-state index contributed by atoms with van der Waals surface area (Å²) in [5.74, 6) is -0.0202. The molecule has 0 unspecified atom stereocenters. The highest BCUT2D eigenvalue weighted by Gasteiger charge is 2.18. The van der Waals surface area contributed by atoms with Gasteiger partial charge in [0, 0.05) is 11.3 Å². The van der Waals surface area contributed by atoms with Gasteiger partial charge in [0.2, 0.25) is 0 Å². The van der Waals surface area contributed by atoms with Crippen molar-refractivity contribution < 1.29 is 4.79 Å². The van der Waals surface area contributed by atoms with Gasteiger partial charge in [-0.2, -0.15) is 0 Å². The van der Waals surface area contributed by atoms with Gasteiger partial charge in [0.05, 0.1) is 0 Å². The molecular formula is C20H25NO. The molecular weight excluding hydrogens is 270 g/mol. The maximum atomic E-state index is 12.8. The van der Waals surface area contributed by atoms with E-state index in [1.807, 2.05) is 32.9 Å². The van der Waals surface area contributed by atoms with E-state index in [0.717, 1.165) is 27.9 Å². The Hall–Kier alpha value is -2.09. The fraction of sp³-hybridized carbons (Fsp3) is 0.350. The zero-order valence-electron chi connectivity index (χ0n) is 14.6. The van der Waals surface area contributed by atoms with E-state index < -0.39 is 0 Å². The van der Waals surface area contributed by atoms with E-state index >= 15 is 0 Å². The summed E-state index contributed by atoms with van der Waals surface area (Å²) in [7, 11) is 0. The molecule has 2 aromatic carbocycles. The lowest BCUT2D eigenvalue weighted by atomic mass is 9.89. The van der Waals surface area contributed by atoms with Crippen molar-refractivity contribution >= 4 is 11.6 Å². The third-order valence-corrected chi connectivity index (χ3v) is 4.86. The zero-order chi connectivity index (χ0) is 16.6. The fourth-order valence-electron chi connectivity index (χ4n) is 2.98. The highest BCUT2D eigenvalue weighted by molar-refractivity contribution is 6.07. The summed E-state index contributed by atoms with van der Waals surface area (Å²) in [4.78, 5) is 12.8. The summed E-state index contributed by atoms with van der Waals surface area (Å²) >= 11 is 0. The van der Waals surface area contributed by atoms with Gasteiger partial charge in [-0.15, -0.1) is 0 Å². The van der Waals surface area contributed by atoms with E-state index in [9.17, 15) is 4.79 Å². The number of rotatable bonds is 2. The predicted octanol–water partition coefficient (Wildman–Crippen LogP) is 5.10. The molecule has 1 N–H and O–H groups in total. The first-order chi connectivity index (χ1) is 10.2. The average Bonchev–Trinajstić information content (AvgIpc) is 2.46. The van der Waals surface area contributed by atoms with Crippen molar-refractivity contribution in [2.45, 2.75) is 48.5 Å². The second-order valence-corrected chi connectivity index (χ2v) is 6.27. The summed E-state index contributed by atoms with van der Waals surface area (Å²) in [5, 5.41) is 3.07. The summed E-state index contributed by atoms with van der Waals surface area (Å²) in [6.45, 7) is 14.4. The molecule has 0 aromatic heterocycles. The van der Waals surface area contributed by atoms with Gasteiger partial charge >= 0.3 is 0 Å². The highest BCUT2D eigenvalue weighted by Crippen LogP contribution is 2.27. The molecule has 0 spiro atoms. The van der Waals surface area contributed by atoms with Crippen LogP contribution in [-0.2, 0) is 0 Å². The molecule has 0 aliphatic heterocycles. The summed E-state index contributed by atoms with van der Waals surface area (Å²) in [6, 6.07) is 6.08. The third kappa shape index (κ3) is 2.78. The van der Waals surface area contributed by atoms with Crippen molar-refractivity contribution in [2.24, 2.45) is 0 Å². The van der Waals surface area contributed by atoms with Gasteiger partial charge in [0.15, 0.2) is 0 Å². The van der Waals surface area contributed by atoms with Crippen LogP contribution >= 0.6 is 0 Å². The molecule has 116 valence electrons. The number of carbonyl (C=O) groups is 1. The Balaban J connectivity index is 2.46. The Labute approximate surface area is 133 Å². The molecule has 0 heterocycles. The molecule has 2 rings (SSSR count). The molecule has 2 heteroatoms. The van der Waals surface area contributed by atoms with Crippen LogP contribution in [0.5, 0.6) is 0 Å². The van der Waals surface area contributed by atoms with Crippen LogP contribution < -0.4 is 5.32 Å². The van der Waals surface area contributed by atoms with E-state index in [1.165, 1.54) is 22.3 Å². The summed E-state index contributed by atoms with van der Waals surface area (Å²) in [6.07, 6.45) is 0. The van der Waals surface area contributed by atoms with Crippen LogP contribution in [0.2, 0.25) is 0 Å². The number of nitrogens with one attached hydrogen (secondary N) is 1. The minimum Gasteiger partial charge on any atom is -0.322 e. The maximum Gasteiger partial charge on any atom is 0.256 e. The Bertz CT molecular complexity index is 728. The van der Waals surface area contributed by atoms with Gasteiger partial charge in [-0.3, -0.25) is 4.79 Å². The number of aryl methyl sites for hydroxylation is 2. The number of anilines is 1. The standard InChI is InChI=1S/C20H25NO/c1-11-8-9-18(12(2)10-11)21-20(22)19-16(6)14(4)13(3)15(5)17(19)7/h8-10H,1-7H3,(H,21,22). The second kappa shape index (κ2) is 5.96. The lowest BCUT2D eigenvalue weighted by Crippen LogP contribution is -2.17. The smallest absolute Gasteiger partial charge is 0.256 e. The maximum absolute atomic E-state index is 12.8. The lowest BCUT2D eigenvalue weighted by Gasteiger charge is -2.19. The normalized spacial score (nSPS) is 10.7. The Morgan fingerprint density at radius 1 is 0.773 bits per heavy atom. The molecule has 0 saturated heterocycles. The zero-order valence-corrected chi connectivity index (χ0v) is 14.6. The van der Waals surface area contributed by atoms with Crippen LogP contribution in [0.1, 0.15) is 49.3 Å². The first kappa shape index (κ1) is 16.3. The molecule has 0 radical (unpaired) electrons. The number of hydrogen-bond donors (Lipinski definition) is 1. The molecule has 0 aliphatic carbocycles. The molecule has 0 bridgehead atoms. The Morgan fingerprint density at radius 2 is 1.27 bits per heavy atom. The number of amides is 1. The van der Waals surface area contributed by atoms with Crippen LogP contribution in [0, 0.1) is 48.5 Å². The van der Waals surface area contributed by atoms with E-state index in [1.54, 1.807) is 0 Å². The second-order valence-electron chi connectivity index (χ2n) is 6.27. The number of benzene rings is 2. The van der Waals surface area contributed by atoms with Gasteiger partial charge in [0.25, 0.3) is 5.91 Å². The SMILES string of the molecule is Cc1ccc(NC(=O)c2c(C)c(C)c(C)c(C)c2C)c(C)c1. The topological polar surface area (TPSA) is 29.1 Å². The molecule has 2 aromatic rings. The molecule has 0 saturated carbocycles. The van der Waals surface area contributed by atoms with Crippen LogP contribution in [-0.4, -0.2) is 5.91 Å². The minimum absolute atomic E-state index is 0.0202. The monoisotopic (exact) mass is 295 g/mol. The van der Waals surface area contributed by atoms with Gasteiger partial charge in [-0.05, 0) is 87.9 Å². The molecule has 0 aliphatic rings. The highest BCUT2D eigenvalue weighted by atomic mass is 16.1. The van der Waals surface area contributed by atoms with Gasteiger partial charge in [0.1, 0.15) is 0 Å². The summed E-state index contributed by atoms with van der Waals surface area (Å²) in [5.41, 5.74) is 9.80. The minimum atomic E-state index is -0.0202. The fourth-order valence-corrected chi connectivity index (χ4v) is 2.98. The van der Waals surface area contributed by atoms with E-state index in [0.29, 0.717) is 0 Å². The Kier molecular flexibility index (Phi) is 4.41. The number of hydrogen-bond acceptors (Lipinski definition) is 1. The molecule has 1 amide bonds. The first-order valence-electron chi connectivity index (χ1n) is 7.69. The molecule has 22 heavy (non-hydrogen) atoms.